The van der Waals surface area contributed by atoms with Crippen LogP contribution in [0.3, 0.4) is 0 Å². The van der Waals surface area contributed by atoms with Crippen LogP contribution in [0.2, 0.25) is 0 Å². The highest BCUT2D eigenvalue weighted by molar-refractivity contribution is 6.00. The molecule has 1 amide bonds. The fourth-order valence-corrected chi connectivity index (χ4v) is 5.63. The van der Waals surface area contributed by atoms with Crippen LogP contribution in [0, 0.1) is 13.8 Å². The molecular formula is C32H35N3O6. The largest absolute Gasteiger partial charge is 0.507 e. The van der Waals surface area contributed by atoms with Crippen molar-refractivity contribution in [3.63, 3.8) is 0 Å². The number of nitrogens with one attached hydrogen (secondary N) is 1. The van der Waals surface area contributed by atoms with Crippen LogP contribution in [0.1, 0.15) is 51.3 Å². The fourth-order valence-electron chi connectivity index (χ4n) is 5.63. The number of fused-ring (bicyclic) bond motifs is 1. The SMILES string of the molecule is CCOc1ccc(C2c3c(-c4c(C)cc(C)cc4O)n[nH]c3C(=O)N2CCc2ccc(OC)c(OC)c2)cc1OC. The summed E-state index contributed by atoms with van der Waals surface area (Å²) in [6.07, 6.45) is 0.582. The van der Waals surface area contributed by atoms with E-state index in [0.29, 0.717) is 59.5 Å². The molecule has 0 saturated heterocycles. The minimum absolute atomic E-state index is 0.121. The summed E-state index contributed by atoms with van der Waals surface area (Å²) in [6, 6.07) is 14.7. The third-order valence-electron chi connectivity index (χ3n) is 7.45. The zero-order valence-electron chi connectivity index (χ0n) is 24.2. The molecule has 5 rings (SSSR count). The Hall–Kier alpha value is -4.66. The number of carbonyl (C=O) groups excluding carboxylic acids is 1. The van der Waals surface area contributed by atoms with Gasteiger partial charge in [0.25, 0.3) is 5.91 Å². The van der Waals surface area contributed by atoms with Crippen molar-refractivity contribution in [1.29, 1.82) is 0 Å². The second-order valence-corrected chi connectivity index (χ2v) is 10.0. The Morgan fingerprint density at radius 1 is 0.927 bits per heavy atom. The van der Waals surface area contributed by atoms with Gasteiger partial charge in [0, 0.05) is 17.7 Å². The molecule has 1 atom stereocenters. The topological polar surface area (TPSA) is 106 Å². The number of aryl methyl sites for hydroxylation is 2. The summed E-state index contributed by atoms with van der Waals surface area (Å²) in [5, 5.41) is 18.5. The number of aromatic hydroxyl groups is 1. The van der Waals surface area contributed by atoms with Crippen molar-refractivity contribution in [3.8, 4) is 40.0 Å². The lowest BCUT2D eigenvalue weighted by molar-refractivity contribution is 0.0745. The van der Waals surface area contributed by atoms with E-state index in [2.05, 4.69) is 10.2 Å². The van der Waals surface area contributed by atoms with Crippen molar-refractivity contribution >= 4 is 5.91 Å². The van der Waals surface area contributed by atoms with E-state index < -0.39 is 6.04 Å². The van der Waals surface area contributed by atoms with Crippen molar-refractivity contribution < 1.29 is 28.8 Å². The predicted molar refractivity (Wildman–Crippen MR) is 155 cm³/mol. The molecule has 9 heteroatoms. The van der Waals surface area contributed by atoms with Crippen molar-refractivity contribution in [3.05, 3.63) is 82.0 Å². The smallest absolute Gasteiger partial charge is 0.273 e. The predicted octanol–water partition coefficient (Wildman–Crippen LogP) is 5.61. The van der Waals surface area contributed by atoms with Crippen LogP contribution in [0.25, 0.3) is 11.3 Å². The van der Waals surface area contributed by atoms with Crippen molar-refractivity contribution in [2.75, 3.05) is 34.5 Å². The van der Waals surface area contributed by atoms with E-state index in [4.69, 9.17) is 18.9 Å². The van der Waals surface area contributed by atoms with E-state index in [9.17, 15) is 9.90 Å². The van der Waals surface area contributed by atoms with E-state index in [1.165, 1.54) is 0 Å². The minimum atomic E-state index is -0.476. The van der Waals surface area contributed by atoms with Gasteiger partial charge in [0.2, 0.25) is 0 Å². The molecule has 0 aliphatic carbocycles. The Kier molecular flexibility index (Phi) is 7.79. The molecule has 0 fully saturated rings. The fraction of sp³-hybridized carbons (Fsp3) is 0.312. The first-order valence-corrected chi connectivity index (χ1v) is 13.5. The Bertz CT molecular complexity index is 1570. The molecule has 3 aromatic carbocycles. The Morgan fingerprint density at radius 3 is 2.32 bits per heavy atom. The molecule has 1 aliphatic heterocycles. The zero-order chi connectivity index (χ0) is 29.3. The number of hydrogen-bond donors (Lipinski definition) is 2. The second-order valence-electron chi connectivity index (χ2n) is 10.0. The lowest BCUT2D eigenvalue weighted by atomic mass is 9.93. The van der Waals surface area contributed by atoms with E-state index >= 15 is 0 Å². The summed E-state index contributed by atoms with van der Waals surface area (Å²) >= 11 is 0. The molecule has 9 nitrogen and oxygen atoms in total. The summed E-state index contributed by atoms with van der Waals surface area (Å²) in [7, 11) is 4.80. The Balaban J connectivity index is 1.61. The number of amides is 1. The number of aromatic amines is 1. The van der Waals surface area contributed by atoms with Crippen LogP contribution in [0.5, 0.6) is 28.7 Å². The number of H-pyrrole nitrogens is 1. The summed E-state index contributed by atoms with van der Waals surface area (Å²) in [6.45, 7) is 6.70. The van der Waals surface area contributed by atoms with Gasteiger partial charge < -0.3 is 29.0 Å². The van der Waals surface area contributed by atoms with Gasteiger partial charge in [0.15, 0.2) is 23.0 Å². The van der Waals surface area contributed by atoms with Gasteiger partial charge in [-0.05, 0) is 79.8 Å². The van der Waals surface area contributed by atoms with Gasteiger partial charge >= 0.3 is 0 Å². The molecule has 214 valence electrons. The third kappa shape index (κ3) is 5.03. The number of phenolic OH excluding ortho intramolecular Hbond substituents is 1. The zero-order valence-corrected chi connectivity index (χ0v) is 24.2. The van der Waals surface area contributed by atoms with Gasteiger partial charge in [0.1, 0.15) is 17.1 Å². The molecule has 1 aromatic heterocycles. The average Bonchev–Trinajstić information content (AvgIpc) is 3.50. The first-order valence-electron chi connectivity index (χ1n) is 13.5. The molecule has 0 radical (unpaired) electrons. The third-order valence-corrected chi connectivity index (χ3v) is 7.45. The number of phenols is 1. The number of nitrogens with zero attached hydrogens (tertiary/aromatic N) is 2. The summed E-state index contributed by atoms with van der Waals surface area (Å²) in [5.74, 6) is 2.43. The quantitative estimate of drug-likeness (QED) is 0.261. The molecule has 1 aliphatic rings. The number of benzene rings is 3. The van der Waals surface area contributed by atoms with E-state index in [1.54, 1.807) is 27.4 Å². The van der Waals surface area contributed by atoms with Gasteiger partial charge in [-0.15, -0.1) is 0 Å². The van der Waals surface area contributed by atoms with Gasteiger partial charge in [-0.1, -0.05) is 18.2 Å². The monoisotopic (exact) mass is 557 g/mol. The molecule has 1 unspecified atom stereocenters. The number of carbonyl (C=O) groups is 1. The molecule has 41 heavy (non-hydrogen) atoms. The molecule has 0 saturated carbocycles. The normalized spacial score (nSPS) is 14.2. The summed E-state index contributed by atoms with van der Waals surface area (Å²) in [5.41, 5.74) is 5.93. The van der Waals surface area contributed by atoms with E-state index in [-0.39, 0.29) is 11.7 Å². The first-order chi connectivity index (χ1) is 19.8. The first kappa shape index (κ1) is 27.9. The maximum atomic E-state index is 13.9. The van der Waals surface area contributed by atoms with Crippen LogP contribution in [-0.4, -0.2) is 60.6 Å². The number of methoxy groups -OCH3 is 3. The number of rotatable bonds is 10. The van der Waals surface area contributed by atoms with Crippen molar-refractivity contribution in [1.82, 2.24) is 15.1 Å². The lowest BCUT2D eigenvalue weighted by Gasteiger charge is -2.27. The van der Waals surface area contributed by atoms with Crippen molar-refractivity contribution in [2.24, 2.45) is 0 Å². The molecule has 0 bridgehead atoms. The standard InChI is InChI=1S/C32H35N3O6/c1-7-41-24-11-9-21(17-26(24)40-6)31-28-29(27-19(3)14-18(2)15-22(27)36)33-34-30(28)32(37)35(31)13-12-20-8-10-23(38-4)25(16-20)39-5/h8-11,14-17,31,36H,7,12-13H2,1-6H3,(H,33,34). The molecular weight excluding hydrogens is 522 g/mol. The van der Waals surface area contributed by atoms with Gasteiger partial charge in [-0.25, -0.2) is 0 Å². The Morgan fingerprint density at radius 2 is 1.63 bits per heavy atom. The van der Waals surface area contributed by atoms with E-state index in [0.717, 1.165) is 27.8 Å². The average molecular weight is 558 g/mol. The molecule has 4 aromatic rings. The number of hydrogen-bond acceptors (Lipinski definition) is 7. The van der Waals surface area contributed by atoms with Crippen LogP contribution in [0.15, 0.2) is 48.5 Å². The molecule has 2 N–H and O–H groups in total. The molecule has 0 spiro atoms. The summed E-state index contributed by atoms with van der Waals surface area (Å²) in [4.78, 5) is 15.7. The van der Waals surface area contributed by atoms with Crippen LogP contribution < -0.4 is 18.9 Å². The maximum absolute atomic E-state index is 13.9. The van der Waals surface area contributed by atoms with Gasteiger partial charge in [0.05, 0.1) is 34.0 Å². The lowest BCUT2D eigenvalue weighted by Crippen LogP contribution is -2.31. The van der Waals surface area contributed by atoms with Crippen LogP contribution in [0.4, 0.5) is 0 Å². The van der Waals surface area contributed by atoms with Crippen molar-refractivity contribution in [2.45, 2.75) is 33.2 Å². The highest BCUT2D eigenvalue weighted by Gasteiger charge is 2.43. The van der Waals surface area contributed by atoms with Crippen LogP contribution in [-0.2, 0) is 6.42 Å². The van der Waals surface area contributed by atoms with E-state index in [1.807, 2.05) is 68.1 Å². The minimum Gasteiger partial charge on any atom is -0.507 e. The number of aromatic nitrogens is 2. The van der Waals surface area contributed by atoms with Crippen LogP contribution >= 0.6 is 0 Å². The highest BCUT2D eigenvalue weighted by Crippen LogP contribution is 2.47. The van der Waals surface area contributed by atoms with Gasteiger partial charge in [-0.3, -0.25) is 9.89 Å². The maximum Gasteiger partial charge on any atom is 0.273 e. The van der Waals surface area contributed by atoms with Gasteiger partial charge in [-0.2, -0.15) is 5.10 Å². The Labute approximate surface area is 239 Å². The number of ether oxygens (including phenoxy) is 4. The highest BCUT2D eigenvalue weighted by atomic mass is 16.5. The molecule has 2 heterocycles. The summed E-state index contributed by atoms with van der Waals surface area (Å²) < 4.78 is 22.3. The second kappa shape index (κ2) is 11.4.